The molecule has 2 N–H and O–H groups in total. The maximum absolute atomic E-state index is 9.31. The smallest absolute Gasteiger partial charge is 0.115 e. The first-order chi connectivity index (χ1) is 8.25. The van der Waals surface area contributed by atoms with Crippen LogP contribution in [0.15, 0.2) is 24.3 Å². The van der Waals surface area contributed by atoms with Crippen LogP contribution in [0.1, 0.15) is 11.3 Å². The van der Waals surface area contributed by atoms with Crippen molar-refractivity contribution in [3.63, 3.8) is 0 Å². The van der Waals surface area contributed by atoms with E-state index in [0.717, 1.165) is 30.8 Å². The van der Waals surface area contributed by atoms with Gasteiger partial charge in [0, 0.05) is 43.4 Å². The van der Waals surface area contributed by atoms with Gasteiger partial charge in [-0.25, -0.2) is 0 Å². The molecule has 0 aliphatic carbocycles. The molecule has 3 rings (SSSR count). The Hall–Kier alpha value is -1.81. The molecule has 0 radical (unpaired) electrons. The lowest BCUT2D eigenvalue weighted by molar-refractivity contribution is 0.475. The van der Waals surface area contributed by atoms with Gasteiger partial charge in [0.15, 0.2) is 0 Å². The number of nitrogens with zero attached hydrogens (tertiary/aromatic N) is 2. The minimum Gasteiger partial charge on any atom is -0.508 e. The number of aromatic hydroxyl groups is 1. The summed E-state index contributed by atoms with van der Waals surface area (Å²) in [5.41, 5.74) is 4.68. The summed E-state index contributed by atoms with van der Waals surface area (Å²) in [6, 6.07) is 7.22. The Bertz CT molecular complexity index is 543. The zero-order valence-electron chi connectivity index (χ0n) is 9.77. The molecule has 88 valence electrons. The van der Waals surface area contributed by atoms with Crippen molar-refractivity contribution in [1.82, 2.24) is 15.1 Å². The van der Waals surface area contributed by atoms with E-state index in [9.17, 15) is 5.11 Å². The average Bonchev–Trinajstić information content (AvgIpc) is 2.69. The molecule has 0 fully saturated rings. The minimum absolute atomic E-state index is 0.289. The molecular formula is C13H15N3O. The summed E-state index contributed by atoms with van der Waals surface area (Å²) >= 11 is 0. The summed E-state index contributed by atoms with van der Waals surface area (Å²) in [6.45, 7) is 1.89. The number of aromatic nitrogens is 2. The van der Waals surface area contributed by atoms with E-state index < -0.39 is 0 Å². The molecule has 0 atom stereocenters. The van der Waals surface area contributed by atoms with E-state index in [1.54, 1.807) is 12.1 Å². The van der Waals surface area contributed by atoms with Crippen LogP contribution in [0.5, 0.6) is 5.75 Å². The fraction of sp³-hybridized carbons (Fsp3) is 0.308. The van der Waals surface area contributed by atoms with E-state index in [-0.39, 0.29) is 5.75 Å². The summed E-state index contributed by atoms with van der Waals surface area (Å²) in [4.78, 5) is 0. The summed E-state index contributed by atoms with van der Waals surface area (Å²) in [5.74, 6) is 0.289. The number of hydrogen-bond acceptors (Lipinski definition) is 3. The second-order valence-electron chi connectivity index (χ2n) is 4.37. The number of aryl methyl sites for hydroxylation is 1. The second-order valence-corrected chi connectivity index (χ2v) is 4.37. The van der Waals surface area contributed by atoms with Crippen LogP contribution >= 0.6 is 0 Å². The highest BCUT2D eigenvalue weighted by molar-refractivity contribution is 5.65. The summed E-state index contributed by atoms with van der Waals surface area (Å²) in [6.07, 6.45) is 1.02. The molecule has 0 saturated carbocycles. The minimum atomic E-state index is 0.289. The van der Waals surface area contributed by atoms with E-state index in [2.05, 4.69) is 10.4 Å². The lowest BCUT2D eigenvalue weighted by Crippen LogP contribution is -2.24. The number of phenolic OH excluding ortho intramolecular Hbond substituents is 1. The number of nitrogens with one attached hydrogen (secondary N) is 1. The number of benzene rings is 1. The van der Waals surface area contributed by atoms with Crippen molar-refractivity contribution in [2.24, 2.45) is 7.05 Å². The average molecular weight is 229 g/mol. The van der Waals surface area contributed by atoms with Crippen molar-refractivity contribution < 1.29 is 5.11 Å². The Labute approximate surface area is 99.9 Å². The van der Waals surface area contributed by atoms with Gasteiger partial charge in [0.2, 0.25) is 0 Å². The number of rotatable bonds is 1. The molecule has 1 aliphatic rings. The van der Waals surface area contributed by atoms with Crippen LogP contribution in [0, 0.1) is 0 Å². The third kappa shape index (κ3) is 1.70. The number of fused-ring (bicyclic) bond motifs is 1. The number of hydrogen-bond donors (Lipinski definition) is 2. The molecule has 4 nitrogen and oxygen atoms in total. The van der Waals surface area contributed by atoms with Crippen molar-refractivity contribution in [3.8, 4) is 17.0 Å². The maximum atomic E-state index is 9.31. The predicted molar refractivity (Wildman–Crippen MR) is 65.7 cm³/mol. The highest BCUT2D eigenvalue weighted by Gasteiger charge is 2.19. The van der Waals surface area contributed by atoms with Crippen LogP contribution in [0.4, 0.5) is 0 Å². The lowest BCUT2D eigenvalue weighted by Gasteiger charge is -2.14. The third-order valence-corrected chi connectivity index (χ3v) is 3.26. The van der Waals surface area contributed by atoms with E-state index in [0.29, 0.717) is 0 Å². The molecule has 1 aliphatic heterocycles. The molecule has 0 spiro atoms. The molecule has 2 heterocycles. The largest absolute Gasteiger partial charge is 0.508 e. The van der Waals surface area contributed by atoms with Crippen molar-refractivity contribution in [3.05, 3.63) is 35.5 Å². The van der Waals surface area contributed by atoms with Crippen LogP contribution in [0.3, 0.4) is 0 Å². The Morgan fingerprint density at radius 3 is 2.82 bits per heavy atom. The van der Waals surface area contributed by atoms with Crippen LogP contribution in [0.2, 0.25) is 0 Å². The first-order valence-corrected chi connectivity index (χ1v) is 5.80. The predicted octanol–water partition coefficient (Wildman–Crippen LogP) is 1.44. The van der Waals surface area contributed by atoms with Crippen molar-refractivity contribution in [2.45, 2.75) is 13.0 Å². The maximum Gasteiger partial charge on any atom is 0.115 e. The van der Waals surface area contributed by atoms with E-state index >= 15 is 0 Å². The van der Waals surface area contributed by atoms with Gasteiger partial charge in [-0.15, -0.1) is 0 Å². The SMILES string of the molecule is Cn1nc(-c2ccc(O)cc2)c2c1CCNC2. The first kappa shape index (κ1) is 10.4. The Morgan fingerprint density at radius 2 is 2.06 bits per heavy atom. The van der Waals surface area contributed by atoms with Gasteiger partial charge in [-0.1, -0.05) is 0 Å². The van der Waals surface area contributed by atoms with Gasteiger partial charge in [0.25, 0.3) is 0 Å². The van der Waals surface area contributed by atoms with E-state index in [1.165, 1.54) is 11.3 Å². The lowest BCUT2D eigenvalue weighted by atomic mass is 10.0. The van der Waals surface area contributed by atoms with Gasteiger partial charge >= 0.3 is 0 Å². The standard InChI is InChI=1S/C13H15N3O/c1-16-12-6-7-14-8-11(12)13(15-16)9-2-4-10(17)5-3-9/h2-5,14,17H,6-8H2,1H3. The van der Waals surface area contributed by atoms with Gasteiger partial charge < -0.3 is 10.4 Å². The highest BCUT2D eigenvalue weighted by Crippen LogP contribution is 2.28. The third-order valence-electron chi connectivity index (χ3n) is 3.26. The number of phenols is 1. The molecule has 0 bridgehead atoms. The van der Waals surface area contributed by atoms with E-state index in [4.69, 9.17) is 0 Å². The van der Waals surface area contributed by atoms with Crippen LogP contribution in [-0.2, 0) is 20.0 Å². The zero-order chi connectivity index (χ0) is 11.8. The Kier molecular flexibility index (Phi) is 2.37. The Balaban J connectivity index is 2.11. The molecule has 0 amide bonds. The Morgan fingerprint density at radius 1 is 1.29 bits per heavy atom. The molecule has 1 aromatic heterocycles. The van der Waals surface area contributed by atoms with Gasteiger partial charge in [0.05, 0.1) is 5.69 Å². The van der Waals surface area contributed by atoms with Crippen molar-refractivity contribution in [2.75, 3.05) is 6.54 Å². The topological polar surface area (TPSA) is 50.1 Å². The normalized spacial score (nSPS) is 14.6. The first-order valence-electron chi connectivity index (χ1n) is 5.80. The molecule has 0 unspecified atom stereocenters. The fourth-order valence-corrected chi connectivity index (χ4v) is 2.37. The molecule has 1 aromatic carbocycles. The van der Waals surface area contributed by atoms with Crippen molar-refractivity contribution in [1.29, 1.82) is 0 Å². The van der Waals surface area contributed by atoms with Gasteiger partial charge in [0.1, 0.15) is 5.75 Å². The van der Waals surface area contributed by atoms with E-state index in [1.807, 2.05) is 23.9 Å². The van der Waals surface area contributed by atoms with Gasteiger partial charge in [-0.05, 0) is 24.3 Å². The van der Waals surface area contributed by atoms with Crippen molar-refractivity contribution >= 4 is 0 Å². The monoisotopic (exact) mass is 229 g/mol. The fourth-order valence-electron chi connectivity index (χ4n) is 2.37. The highest BCUT2D eigenvalue weighted by atomic mass is 16.3. The molecule has 0 saturated heterocycles. The quantitative estimate of drug-likeness (QED) is 0.778. The molecule has 2 aromatic rings. The molecule has 17 heavy (non-hydrogen) atoms. The van der Waals surface area contributed by atoms with Crippen LogP contribution in [0.25, 0.3) is 11.3 Å². The summed E-state index contributed by atoms with van der Waals surface area (Å²) in [5, 5.41) is 17.3. The van der Waals surface area contributed by atoms with Gasteiger partial charge in [-0.2, -0.15) is 5.10 Å². The van der Waals surface area contributed by atoms with Crippen LogP contribution in [-0.4, -0.2) is 21.4 Å². The van der Waals surface area contributed by atoms with Crippen LogP contribution < -0.4 is 5.32 Å². The molecular weight excluding hydrogens is 214 g/mol. The summed E-state index contributed by atoms with van der Waals surface area (Å²) < 4.78 is 1.97. The second kappa shape index (κ2) is 3.89. The molecule has 4 heteroatoms. The summed E-state index contributed by atoms with van der Waals surface area (Å²) in [7, 11) is 1.99. The van der Waals surface area contributed by atoms with Gasteiger partial charge in [-0.3, -0.25) is 4.68 Å². The zero-order valence-corrected chi connectivity index (χ0v) is 9.77.